The van der Waals surface area contributed by atoms with Crippen molar-refractivity contribution < 1.29 is 18.9 Å². The SMILES string of the molecule is C/C(=C/C=C/C(C)=C/C1OCC(C)(C)CO1)C1OCC(C)(C)CO1. The molecule has 0 amide bonds. The van der Waals surface area contributed by atoms with E-state index in [9.17, 15) is 0 Å². The summed E-state index contributed by atoms with van der Waals surface area (Å²) in [6, 6.07) is 0. The van der Waals surface area contributed by atoms with E-state index >= 15 is 0 Å². The zero-order valence-corrected chi connectivity index (χ0v) is 15.9. The van der Waals surface area contributed by atoms with Crippen LogP contribution >= 0.6 is 0 Å². The Morgan fingerprint density at radius 2 is 1.33 bits per heavy atom. The van der Waals surface area contributed by atoms with Crippen molar-refractivity contribution in [3.8, 4) is 0 Å². The Morgan fingerprint density at radius 1 is 0.833 bits per heavy atom. The van der Waals surface area contributed by atoms with Crippen molar-refractivity contribution in [3.63, 3.8) is 0 Å². The summed E-state index contributed by atoms with van der Waals surface area (Å²) in [5.41, 5.74) is 2.38. The van der Waals surface area contributed by atoms with Gasteiger partial charge in [-0.1, -0.05) is 51.5 Å². The van der Waals surface area contributed by atoms with Gasteiger partial charge in [0.1, 0.15) is 0 Å². The zero-order chi connectivity index (χ0) is 17.8. The highest BCUT2D eigenvalue weighted by molar-refractivity contribution is 5.23. The van der Waals surface area contributed by atoms with E-state index in [-0.39, 0.29) is 23.4 Å². The number of hydrogen-bond donors (Lipinski definition) is 0. The quantitative estimate of drug-likeness (QED) is 0.720. The average molecular weight is 336 g/mol. The highest BCUT2D eigenvalue weighted by Gasteiger charge is 2.29. The molecule has 2 saturated heterocycles. The third-order valence-electron chi connectivity index (χ3n) is 4.02. The predicted molar refractivity (Wildman–Crippen MR) is 95.6 cm³/mol. The van der Waals surface area contributed by atoms with Crippen LogP contribution in [-0.2, 0) is 18.9 Å². The highest BCUT2D eigenvalue weighted by Crippen LogP contribution is 2.26. The molecule has 0 aromatic rings. The van der Waals surface area contributed by atoms with Gasteiger partial charge in [0.25, 0.3) is 0 Å². The van der Waals surface area contributed by atoms with Crippen molar-refractivity contribution in [2.24, 2.45) is 10.8 Å². The van der Waals surface area contributed by atoms with Crippen LogP contribution in [0, 0.1) is 10.8 Å². The maximum absolute atomic E-state index is 5.77. The first-order chi connectivity index (χ1) is 11.2. The van der Waals surface area contributed by atoms with Gasteiger partial charge in [0, 0.05) is 10.8 Å². The second-order valence-electron chi connectivity index (χ2n) is 8.45. The molecule has 0 N–H and O–H groups in total. The van der Waals surface area contributed by atoms with Crippen LogP contribution in [-0.4, -0.2) is 39.0 Å². The van der Waals surface area contributed by atoms with E-state index in [2.05, 4.69) is 27.7 Å². The van der Waals surface area contributed by atoms with Crippen molar-refractivity contribution in [3.05, 3.63) is 35.5 Å². The molecule has 136 valence electrons. The second-order valence-corrected chi connectivity index (χ2v) is 8.45. The van der Waals surface area contributed by atoms with E-state index in [1.54, 1.807) is 0 Å². The Morgan fingerprint density at radius 3 is 1.88 bits per heavy atom. The minimum absolute atomic E-state index is 0.0977. The first-order valence-electron chi connectivity index (χ1n) is 8.67. The largest absolute Gasteiger partial charge is 0.348 e. The van der Waals surface area contributed by atoms with Crippen LogP contribution in [0.4, 0.5) is 0 Å². The zero-order valence-electron chi connectivity index (χ0n) is 15.9. The predicted octanol–water partition coefficient (Wildman–Crippen LogP) is 4.23. The molecule has 2 heterocycles. The van der Waals surface area contributed by atoms with Gasteiger partial charge in [-0.05, 0) is 25.5 Å². The van der Waals surface area contributed by atoms with Crippen molar-refractivity contribution in [1.29, 1.82) is 0 Å². The fourth-order valence-corrected chi connectivity index (χ4v) is 2.46. The lowest BCUT2D eigenvalue weighted by Crippen LogP contribution is -2.38. The standard InChI is InChI=1S/C20H32O4/c1-15(10-17-21-11-19(3,4)12-22-17)8-7-9-16(2)18-23-13-20(5,6)14-24-18/h7-10,17-18H,11-14H2,1-6H3/b8-7+,15-10+,16-9-. The lowest BCUT2D eigenvalue weighted by atomic mass is 9.95. The lowest BCUT2D eigenvalue weighted by molar-refractivity contribution is -0.202. The molecule has 0 aromatic heterocycles. The summed E-state index contributed by atoms with van der Waals surface area (Å²) in [4.78, 5) is 0. The summed E-state index contributed by atoms with van der Waals surface area (Å²) in [5, 5.41) is 0. The van der Waals surface area contributed by atoms with E-state index < -0.39 is 0 Å². The Bertz CT molecular complexity index is 494. The van der Waals surface area contributed by atoms with Crippen molar-refractivity contribution in [2.75, 3.05) is 26.4 Å². The molecule has 2 rings (SSSR count). The highest BCUT2D eigenvalue weighted by atomic mass is 16.7. The normalized spacial score (nSPS) is 26.9. The molecule has 0 aromatic carbocycles. The van der Waals surface area contributed by atoms with Gasteiger partial charge in [0.05, 0.1) is 26.4 Å². The molecule has 0 bridgehead atoms. The maximum Gasteiger partial charge on any atom is 0.179 e. The van der Waals surface area contributed by atoms with Gasteiger partial charge in [-0.3, -0.25) is 0 Å². The van der Waals surface area contributed by atoms with Gasteiger partial charge in [0.2, 0.25) is 0 Å². The molecule has 2 fully saturated rings. The molecular formula is C20H32O4. The summed E-state index contributed by atoms with van der Waals surface area (Å²) in [7, 11) is 0. The van der Waals surface area contributed by atoms with Gasteiger partial charge in [-0.2, -0.15) is 0 Å². The minimum atomic E-state index is -0.250. The van der Waals surface area contributed by atoms with Crippen LogP contribution in [0.2, 0.25) is 0 Å². The average Bonchev–Trinajstić information content (AvgIpc) is 2.49. The van der Waals surface area contributed by atoms with E-state index in [4.69, 9.17) is 18.9 Å². The van der Waals surface area contributed by atoms with Crippen molar-refractivity contribution in [1.82, 2.24) is 0 Å². The molecule has 2 aliphatic heterocycles. The molecule has 0 aliphatic carbocycles. The topological polar surface area (TPSA) is 36.9 Å². The van der Waals surface area contributed by atoms with Crippen LogP contribution in [0.5, 0.6) is 0 Å². The number of hydrogen-bond acceptors (Lipinski definition) is 4. The van der Waals surface area contributed by atoms with Gasteiger partial charge >= 0.3 is 0 Å². The fraction of sp³-hybridized carbons (Fsp3) is 0.700. The van der Waals surface area contributed by atoms with Gasteiger partial charge < -0.3 is 18.9 Å². The monoisotopic (exact) mass is 336 g/mol. The molecule has 24 heavy (non-hydrogen) atoms. The number of allylic oxidation sites excluding steroid dienone is 4. The summed E-state index contributed by atoms with van der Waals surface area (Å²) in [5.74, 6) is 0. The molecule has 0 spiro atoms. The van der Waals surface area contributed by atoms with E-state index in [0.29, 0.717) is 0 Å². The Labute approximate surface area is 146 Å². The third kappa shape index (κ3) is 6.17. The summed E-state index contributed by atoms with van der Waals surface area (Å²) in [6.45, 7) is 15.5. The van der Waals surface area contributed by atoms with Gasteiger partial charge in [-0.25, -0.2) is 0 Å². The lowest BCUT2D eigenvalue weighted by Gasteiger charge is -2.34. The van der Waals surface area contributed by atoms with E-state index in [1.807, 2.05) is 38.2 Å². The van der Waals surface area contributed by atoms with Crippen molar-refractivity contribution >= 4 is 0 Å². The van der Waals surface area contributed by atoms with Crippen LogP contribution in [0.1, 0.15) is 41.5 Å². The molecule has 4 nitrogen and oxygen atoms in total. The second kappa shape index (κ2) is 7.96. The summed E-state index contributed by atoms with van der Waals surface area (Å²) in [6.07, 6.45) is 7.61. The Hall–Kier alpha value is -0.940. The molecule has 0 saturated carbocycles. The smallest absolute Gasteiger partial charge is 0.179 e. The number of ether oxygens (including phenoxy) is 4. The van der Waals surface area contributed by atoms with Crippen molar-refractivity contribution in [2.45, 2.75) is 54.1 Å². The number of rotatable bonds is 4. The molecule has 0 atom stereocenters. The molecular weight excluding hydrogens is 304 g/mol. The first kappa shape index (κ1) is 19.4. The molecule has 2 aliphatic rings. The summed E-state index contributed by atoms with van der Waals surface area (Å²) < 4.78 is 23.0. The summed E-state index contributed by atoms with van der Waals surface area (Å²) >= 11 is 0. The minimum Gasteiger partial charge on any atom is -0.348 e. The van der Waals surface area contributed by atoms with Gasteiger partial charge in [-0.15, -0.1) is 0 Å². The van der Waals surface area contributed by atoms with E-state index in [0.717, 1.165) is 37.6 Å². The van der Waals surface area contributed by atoms with Crippen LogP contribution in [0.25, 0.3) is 0 Å². The Balaban J connectivity index is 1.83. The molecule has 4 heteroatoms. The molecule has 0 unspecified atom stereocenters. The Kier molecular flexibility index (Phi) is 6.43. The van der Waals surface area contributed by atoms with Crippen LogP contribution < -0.4 is 0 Å². The third-order valence-corrected chi connectivity index (χ3v) is 4.02. The molecule has 0 radical (unpaired) electrons. The van der Waals surface area contributed by atoms with Gasteiger partial charge in [0.15, 0.2) is 12.6 Å². The maximum atomic E-state index is 5.77. The van der Waals surface area contributed by atoms with Crippen LogP contribution in [0.3, 0.4) is 0 Å². The fourth-order valence-electron chi connectivity index (χ4n) is 2.46. The van der Waals surface area contributed by atoms with Crippen LogP contribution in [0.15, 0.2) is 35.5 Å². The van der Waals surface area contributed by atoms with E-state index in [1.165, 1.54) is 0 Å². The first-order valence-corrected chi connectivity index (χ1v) is 8.67.